The van der Waals surface area contributed by atoms with Crippen molar-refractivity contribution in [1.29, 1.82) is 0 Å². The molecule has 0 bridgehead atoms. The summed E-state index contributed by atoms with van der Waals surface area (Å²) in [5.74, 6) is 0.907. The van der Waals surface area contributed by atoms with Crippen LogP contribution in [0.5, 0.6) is 5.75 Å². The zero-order valence-electron chi connectivity index (χ0n) is 15.3. The van der Waals surface area contributed by atoms with E-state index in [0.29, 0.717) is 0 Å². The third-order valence-corrected chi connectivity index (χ3v) is 4.91. The van der Waals surface area contributed by atoms with Gasteiger partial charge in [-0.3, -0.25) is 4.90 Å². The maximum absolute atomic E-state index is 6.04. The van der Waals surface area contributed by atoms with Crippen LogP contribution in [-0.4, -0.2) is 34.0 Å². The number of hydrogen-bond donors (Lipinski definition) is 1. The average Bonchev–Trinajstić information content (AvgIpc) is 3.29. The van der Waals surface area contributed by atoms with Crippen molar-refractivity contribution in [2.24, 2.45) is 0 Å². The number of anilines is 1. The van der Waals surface area contributed by atoms with Crippen molar-refractivity contribution in [3.63, 3.8) is 0 Å². The van der Waals surface area contributed by atoms with Gasteiger partial charge in [-0.15, -0.1) is 0 Å². The van der Waals surface area contributed by atoms with Crippen molar-refractivity contribution in [2.75, 3.05) is 25.4 Å². The van der Waals surface area contributed by atoms with E-state index >= 15 is 0 Å². The van der Waals surface area contributed by atoms with Crippen LogP contribution in [0.3, 0.4) is 0 Å². The first-order valence-electron chi connectivity index (χ1n) is 9.46. The average molecular weight is 350 g/mol. The van der Waals surface area contributed by atoms with Crippen LogP contribution in [-0.2, 0) is 6.54 Å². The molecule has 0 atom stereocenters. The molecule has 136 valence electrons. The number of nitrogens with two attached hydrogens (primary N) is 1. The van der Waals surface area contributed by atoms with Gasteiger partial charge in [0, 0.05) is 24.0 Å². The molecule has 0 amide bonds. The van der Waals surface area contributed by atoms with Gasteiger partial charge in [0.25, 0.3) is 0 Å². The number of aromatic nitrogens is 2. The molecule has 2 N–H and O–H groups in total. The molecule has 1 aliphatic heterocycles. The smallest absolute Gasteiger partial charge is 0.137 e. The summed E-state index contributed by atoms with van der Waals surface area (Å²) >= 11 is 0. The Bertz CT molecular complexity index is 879. The Kier molecular flexibility index (Phi) is 4.80. The highest BCUT2D eigenvalue weighted by Gasteiger charge is 2.19. The van der Waals surface area contributed by atoms with Crippen molar-refractivity contribution in [3.05, 3.63) is 48.3 Å². The molecular formula is C21H26N4O. The SMILES string of the molecule is CCCOc1ccc(-c2nc3ccc(N)cn3c2CN2CCCC2)cc1. The molecule has 1 aromatic carbocycles. The van der Waals surface area contributed by atoms with E-state index in [1.165, 1.54) is 18.5 Å². The van der Waals surface area contributed by atoms with Crippen LogP contribution in [0.15, 0.2) is 42.6 Å². The number of pyridine rings is 1. The maximum Gasteiger partial charge on any atom is 0.137 e. The minimum Gasteiger partial charge on any atom is -0.494 e. The standard InChI is InChI=1S/C21H26N4O/c1-2-13-26-18-8-5-16(6-9-18)21-19(15-24-11-3-4-12-24)25-14-17(22)7-10-20(25)23-21/h5-10,14H,2-4,11-13,15,22H2,1H3. The lowest BCUT2D eigenvalue weighted by molar-refractivity contribution is 0.317. The van der Waals surface area contributed by atoms with Crippen LogP contribution in [0.25, 0.3) is 16.9 Å². The fourth-order valence-electron chi connectivity index (χ4n) is 3.57. The molecule has 0 unspecified atom stereocenters. The molecule has 0 saturated carbocycles. The molecule has 0 radical (unpaired) electrons. The number of ether oxygens (including phenoxy) is 1. The number of fused-ring (bicyclic) bond motifs is 1. The summed E-state index contributed by atoms with van der Waals surface area (Å²) in [6, 6.07) is 12.2. The van der Waals surface area contributed by atoms with Crippen molar-refractivity contribution < 1.29 is 4.74 Å². The normalized spacial score (nSPS) is 15.0. The summed E-state index contributed by atoms with van der Waals surface area (Å²) in [5.41, 5.74) is 11.1. The van der Waals surface area contributed by atoms with Gasteiger partial charge >= 0.3 is 0 Å². The topological polar surface area (TPSA) is 55.8 Å². The number of nitrogen functional groups attached to an aromatic ring is 1. The summed E-state index contributed by atoms with van der Waals surface area (Å²) in [7, 11) is 0. The lowest BCUT2D eigenvalue weighted by Crippen LogP contribution is -2.20. The quantitative estimate of drug-likeness (QED) is 0.731. The summed E-state index contributed by atoms with van der Waals surface area (Å²) in [6.07, 6.45) is 5.54. The first kappa shape index (κ1) is 16.9. The predicted octanol–water partition coefficient (Wildman–Crippen LogP) is 3.97. The molecule has 1 fully saturated rings. The maximum atomic E-state index is 6.04. The fraction of sp³-hybridized carbons (Fsp3) is 0.381. The molecule has 3 heterocycles. The first-order valence-corrected chi connectivity index (χ1v) is 9.46. The monoisotopic (exact) mass is 350 g/mol. The van der Waals surface area contributed by atoms with Crippen molar-refractivity contribution >= 4 is 11.3 Å². The Balaban J connectivity index is 1.72. The number of benzene rings is 1. The van der Waals surface area contributed by atoms with Gasteiger partial charge < -0.3 is 14.9 Å². The molecule has 1 aliphatic rings. The van der Waals surface area contributed by atoms with E-state index in [1.54, 1.807) is 0 Å². The van der Waals surface area contributed by atoms with Crippen LogP contribution < -0.4 is 10.5 Å². The van der Waals surface area contributed by atoms with Gasteiger partial charge in [-0.1, -0.05) is 6.92 Å². The summed E-state index contributed by atoms with van der Waals surface area (Å²) in [4.78, 5) is 7.39. The minimum atomic E-state index is 0.743. The lowest BCUT2D eigenvalue weighted by atomic mass is 10.1. The van der Waals surface area contributed by atoms with Crippen molar-refractivity contribution in [2.45, 2.75) is 32.7 Å². The largest absolute Gasteiger partial charge is 0.494 e. The highest BCUT2D eigenvalue weighted by atomic mass is 16.5. The van der Waals surface area contributed by atoms with Crippen LogP contribution in [0.1, 0.15) is 31.9 Å². The molecule has 3 aromatic rings. The number of imidazole rings is 1. The number of nitrogens with zero attached hydrogens (tertiary/aromatic N) is 3. The van der Waals surface area contributed by atoms with E-state index in [0.717, 1.165) is 61.0 Å². The van der Waals surface area contributed by atoms with E-state index in [2.05, 4.69) is 28.4 Å². The lowest BCUT2D eigenvalue weighted by Gasteiger charge is -2.16. The van der Waals surface area contributed by atoms with Gasteiger partial charge in [0.05, 0.1) is 18.0 Å². The number of likely N-dealkylation sites (tertiary alicyclic amines) is 1. The minimum absolute atomic E-state index is 0.743. The zero-order valence-corrected chi connectivity index (χ0v) is 15.3. The van der Waals surface area contributed by atoms with Gasteiger partial charge in [-0.05, 0) is 68.8 Å². The molecule has 5 heteroatoms. The predicted molar refractivity (Wildman–Crippen MR) is 105 cm³/mol. The molecule has 1 saturated heterocycles. The Labute approximate surface area is 154 Å². The summed E-state index contributed by atoms with van der Waals surface area (Å²) in [5, 5.41) is 0. The van der Waals surface area contributed by atoms with Gasteiger partial charge in [0.2, 0.25) is 0 Å². The first-order chi connectivity index (χ1) is 12.7. The molecule has 5 nitrogen and oxygen atoms in total. The number of hydrogen-bond acceptors (Lipinski definition) is 4. The second kappa shape index (κ2) is 7.38. The van der Waals surface area contributed by atoms with Crippen LogP contribution in [0.2, 0.25) is 0 Å². The van der Waals surface area contributed by atoms with E-state index in [-0.39, 0.29) is 0 Å². The van der Waals surface area contributed by atoms with Gasteiger partial charge in [-0.25, -0.2) is 4.98 Å². The van der Waals surface area contributed by atoms with E-state index < -0.39 is 0 Å². The van der Waals surface area contributed by atoms with E-state index in [1.807, 2.05) is 30.5 Å². The van der Waals surface area contributed by atoms with Gasteiger partial charge in [0.1, 0.15) is 11.4 Å². The second-order valence-corrected chi connectivity index (χ2v) is 6.95. The fourth-order valence-corrected chi connectivity index (χ4v) is 3.57. The Morgan fingerprint density at radius 3 is 2.58 bits per heavy atom. The van der Waals surface area contributed by atoms with Crippen LogP contribution in [0, 0.1) is 0 Å². The van der Waals surface area contributed by atoms with E-state index in [4.69, 9.17) is 15.5 Å². The zero-order chi connectivity index (χ0) is 17.9. The summed E-state index contributed by atoms with van der Waals surface area (Å²) in [6.45, 7) is 6.06. The van der Waals surface area contributed by atoms with E-state index in [9.17, 15) is 0 Å². The molecule has 2 aromatic heterocycles. The third-order valence-electron chi connectivity index (χ3n) is 4.91. The molecule has 0 spiro atoms. The third kappa shape index (κ3) is 3.40. The van der Waals surface area contributed by atoms with Gasteiger partial charge in [-0.2, -0.15) is 0 Å². The molecule has 26 heavy (non-hydrogen) atoms. The van der Waals surface area contributed by atoms with Gasteiger partial charge in [0.15, 0.2) is 0 Å². The highest BCUT2D eigenvalue weighted by molar-refractivity contribution is 5.68. The highest BCUT2D eigenvalue weighted by Crippen LogP contribution is 2.29. The Morgan fingerprint density at radius 2 is 1.85 bits per heavy atom. The number of rotatable bonds is 6. The Morgan fingerprint density at radius 1 is 1.08 bits per heavy atom. The molecule has 0 aliphatic carbocycles. The van der Waals surface area contributed by atoms with Crippen molar-refractivity contribution in [3.8, 4) is 17.0 Å². The van der Waals surface area contributed by atoms with Crippen LogP contribution >= 0.6 is 0 Å². The second-order valence-electron chi connectivity index (χ2n) is 6.95. The summed E-state index contributed by atoms with van der Waals surface area (Å²) < 4.78 is 7.85. The van der Waals surface area contributed by atoms with Crippen molar-refractivity contribution in [1.82, 2.24) is 14.3 Å². The van der Waals surface area contributed by atoms with Crippen LogP contribution in [0.4, 0.5) is 5.69 Å². The molecular weight excluding hydrogens is 324 g/mol. The molecule has 4 rings (SSSR count). The Hall–Kier alpha value is -2.53.